The maximum Gasteiger partial charge on any atom is 0.137 e. The molecule has 0 aromatic carbocycles. The molecular formula is C16H21N3O2. The molecule has 0 saturated carbocycles. The molecule has 5 heteroatoms. The lowest BCUT2D eigenvalue weighted by Crippen LogP contribution is -2.19. The second kappa shape index (κ2) is 9.05. The fourth-order valence-electron chi connectivity index (χ4n) is 1.81. The van der Waals surface area contributed by atoms with Gasteiger partial charge in [0.2, 0.25) is 0 Å². The first-order chi connectivity index (χ1) is 10.4. The van der Waals surface area contributed by atoms with Gasteiger partial charge < -0.3 is 14.8 Å². The van der Waals surface area contributed by atoms with Crippen LogP contribution in [0.5, 0.6) is 5.75 Å². The van der Waals surface area contributed by atoms with E-state index >= 15 is 0 Å². The molecule has 2 rings (SSSR count). The van der Waals surface area contributed by atoms with Crippen LogP contribution >= 0.6 is 0 Å². The Balaban J connectivity index is 1.69. The first-order valence-corrected chi connectivity index (χ1v) is 7.06. The Morgan fingerprint density at radius 2 is 2.00 bits per heavy atom. The fourth-order valence-corrected chi connectivity index (χ4v) is 1.81. The molecule has 112 valence electrons. The first kappa shape index (κ1) is 15.4. The lowest BCUT2D eigenvalue weighted by molar-refractivity contribution is 0.199. The zero-order valence-corrected chi connectivity index (χ0v) is 12.3. The number of hydrogen-bond donors (Lipinski definition) is 1. The molecule has 0 fully saturated rings. The summed E-state index contributed by atoms with van der Waals surface area (Å²) in [6, 6.07) is 9.80. The van der Waals surface area contributed by atoms with Crippen LogP contribution in [0.4, 0.5) is 0 Å². The minimum Gasteiger partial charge on any atom is -0.492 e. The van der Waals surface area contributed by atoms with Gasteiger partial charge >= 0.3 is 0 Å². The number of hydrogen-bond acceptors (Lipinski definition) is 5. The highest BCUT2D eigenvalue weighted by Gasteiger charge is 1.98. The quantitative estimate of drug-likeness (QED) is 0.713. The molecule has 0 aliphatic carbocycles. The predicted molar refractivity (Wildman–Crippen MR) is 81.3 cm³/mol. The molecule has 0 radical (unpaired) electrons. The molecule has 0 aliphatic rings. The second-order valence-corrected chi connectivity index (χ2v) is 4.57. The molecular weight excluding hydrogens is 266 g/mol. The van der Waals surface area contributed by atoms with Gasteiger partial charge in [0, 0.05) is 38.5 Å². The highest BCUT2D eigenvalue weighted by Crippen LogP contribution is 2.09. The van der Waals surface area contributed by atoms with E-state index in [-0.39, 0.29) is 0 Å². The Labute approximate surface area is 125 Å². The van der Waals surface area contributed by atoms with Gasteiger partial charge in [-0.2, -0.15) is 0 Å². The molecule has 0 unspecified atom stereocenters. The molecule has 0 bridgehead atoms. The van der Waals surface area contributed by atoms with Gasteiger partial charge in [-0.1, -0.05) is 6.07 Å². The Morgan fingerprint density at radius 1 is 1.05 bits per heavy atom. The topological polar surface area (TPSA) is 56.3 Å². The summed E-state index contributed by atoms with van der Waals surface area (Å²) in [7, 11) is 1.69. The molecule has 0 aliphatic heterocycles. The van der Waals surface area contributed by atoms with E-state index < -0.39 is 0 Å². The van der Waals surface area contributed by atoms with Crippen molar-refractivity contribution >= 4 is 0 Å². The highest BCUT2D eigenvalue weighted by atomic mass is 16.5. The largest absolute Gasteiger partial charge is 0.492 e. The van der Waals surface area contributed by atoms with Crippen LogP contribution in [-0.2, 0) is 17.7 Å². The van der Waals surface area contributed by atoms with Crippen LogP contribution in [0, 0.1) is 0 Å². The van der Waals surface area contributed by atoms with Crippen molar-refractivity contribution in [2.75, 3.05) is 26.9 Å². The van der Waals surface area contributed by atoms with Crippen molar-refractivity contribution in [1.82, 2.24) is 15.3 Å². The summed E-state index contributed by atoms with van der Waals surface area (Å²) in [5.74, 6) is 0.784. The van der Waals surface area contributed by atoms with Crippen molar-refractivity contribution in [2.24, 2.45) is 0 Å². The van der Waals surface area contributed by atoms with Crippen molar-refractivity contribution in [1.29, 1.82) is 0 Å². The summed E-state index contributed by atoms with van der Waals surface area (Å²) in [6.07, 6.45) is 4.34. The molecule has 0 amide bonds. The van der Waals surface area contributed by atoms with E-state index in [1.54, 1.807) is 19.5 Å². The maximum absolute atomic E-state index is 5.67. The summed E-state index contributed by atoms with van der Waals surface area (Å²) in [6.45, 7) is 2.86. The van der Waals surface area contributed by atoms with Crippen molar-refractivity contribution in [3.63, 3.8) is 0 Å². The van der Waals surface area contributed by atoms with Gasteiger partial charge in [0.25, 0.3) is 0 Å². The lowest BCUT2D eigenvalue weighted by atomic mass is 10.3. The third-order valence-corrected chi connectivity index (χ3v) is 2.94. The van der Waals surface area contributed by atoms with Gasteiger partial charge in [-0.05, 0) is 24.3 Å². The number of methoxy groups -OCH3 is 1. The molecule has 2 aromatic heterocycles. The minimum absolute atomic E-state index is 0.601. The van der Waals surface area contributed by atoms with Crippen LogP contribution in [0.2, 0.25) is 0 Å². The number of nitrogens with zero attached hydrogens (tertiary/aromatic N) is 2. The molecule has 0 spiro atoms. The number of nitrogens with one attached hydrogen (secondary N) is 1. The monoisotopic (exact) mass is 287 g/mol. The van der Waals surface area contributed by atoms with Crippen LogP contribution in [-0.4, -0.2) is 36.8 Å². The zero-order valence-electron chi connectivity index (χ0n) is 12.3. The van der Waals surface area contributed by atoms with E-state index in [2.05, 4.69) is 15.3 Å². The number of aromatic nitrogens is 2. The third-order valence-electron chi connectivity index (χ3n) is 2.94. The van der Waals surface area contributed by atoms with Crippen LogP contribution in [0.3, 0.4) is 0 Å². The Morgan fingerprint density at radius 3 is 2.71 bits per heavy atom. The van der Waals surface area contributed by atoms with Gasteiger partial charge in [-0.25, -0.2) is 0 Å². The molecule has 0 atom stereocenters. The van der Waals surface area contributed by atoms with E-state index in [0.29, 0.717) is 13.2 Å². The third kappa shape index (κ3) is 5.89. The fraction of sp³-hybridized carbons (Fsp3) is 0.375. The van der Waals surface area contributed by atoms with Gasteiger partial charge in [-0.15, -0.1) is 0 Å². The van der Waals surface area contributed by atoms with E-state index in [1.807, 2.05) is 30.3 Å². The summed E-state index contributed by atoms with van der Waals surface area (Å²) < 4.78 is 10.6. The van der Waals surface area contributed by atoms with Crippen molar-refractivity contribution in [2.45, 2.75) is 13.0 Å². The van der Waals surface area contributed by atoms with Crippen LogP contribution in [0.25, 0.3) is 0 Å². The van der Waals surface area contributed by atoms with E-state index in [1.165, 1.54) is 0 Å². The standard InChI is InChI=1S/C16H21N3O2/c1-20-11-9-17-12-15-5-6-16(13-19-15)21-10-7-14-4-2-3-8-18-14/h2-6,8,13,17H,7,9-12H2,1H3. The number of ether oxygens (including phenoxy) is 2. The smallest absolute Gasteiger partial charge is 0.137 e. The number of pyridine rings is 2. The average Bonchev–Trinajstić information content (AvgIpc) is 2.54. The van der Waals surface area contributed by atoms with Gasteiger partial charge in [0.15, 0.2) is 0 Å². The predicted octanol–water partition coefficient (Wildman–Crippen LogP) is 1.83. The molecule has 1 N–H and O–H groups in total. The minimum atomic E-state index is 0.601. The van der Waals surface area contributed by atoms with Crippen molar-refractivity contribution in [3.8, 4) is 5.75 Å². The molecule has 2 aromatic rings. The van der Waals surface area contributed by atoms with E-state index in [4.69, 9.17) is 9.47 Å². The average molecular weight is 287 g/mol. The van der Waals surface area contributed by atoms with Crippen LogP contribution < -0.4 is 10.1 Å². The summed E-state index contributed by atoms with van der Waals surface area (Å²) >= 11 is 0. The molecule has 5 nitrogen and oxygen atoms in total. The molecule has 2 heterocycles. The number of rotatable bonds is 9. The second-order valence-electron chi connectivity index (χ2n) is 4.57. The molecule has 0 saturated heterocycles. The van der Waals surface area contributed by atoms with Crippen LogP contribution in [0.1, 0.15) is 11.4 Å². The lowest BCUT2D eigenvalue weighted by Gasteiger charge is -2.07. The van der Waals surface area contributed by atoms with Crippen molar-refractivity contribution < 1.29 is 9.47 Å². The van der Waals surface area contributed by atoms with E-state index in [9.17, 15) is 0 Å². The highest BCUT2D eigenvalue weighted by molar-refractivity contribution is 5.20. The normalized spacial score (nSPS) is 10.5. The van der Waals surface area contributed by atoms with Gasteiger partial charge in [0.05, 0.1) is 25.1 Å². The summed E-state index contributed by atoms with van der Waals surface area (Å²) in [5, 5.41) is 3.25. The van der Waals surface area contributed by atoms with Crippen molar-refractivity contribution in [3.05, 3.63) is 54.1 Å². The summed E-state index contributed by atoms with van der Waals surface area (Å²) in [5.41, 5.74) is 2.02. The SMILES string of the molecule is COCCNCc1ccc(OCCc2ccccn2)cn1. The van der Waals surface area contributed by atoms with Gasteiger partial charge in [0.1, 0.15) is 5.75 Å². The van der Waals surface area contributed by atoms with Crippen LogP contribution in [0.15, 0.2) is 42.7 Å². The Kier molecular flexibility index (Phi) is 6.64. The first-order valence-electron chi connectivity index (χ1n) is 7.06. The van der Waals surface area contributed by atoms with E-state index in [0.717, 1.165) is 36.6 Å². The van der Waals surface area contributed by atoms with Gasteiger partial charge in [-0.3, -0.25) is 9.97 Å². The molecule has 21 heavy (non-hydrogen) atoms. The summed E-state index contributed by atoms with van der Waals surface area (Å²) in [4.78, 5) is 8.62. The Hall–Kier alpha value is -1.98. The maximum atomic E-state index is 5.67. The zero-order chi connectivity index (χ0) is 14.8. The Bertz CT molecular complexity index is 503.